The van der Waals surface area contributed by atoms with Crippen LogP contribution in [-0.4, -0.2) is 74.7 Å². The minimum atomic E-state index is -0.368. The van der Waals surface area contributed by atoms with Gasteiger partial charge in [0.1, 0.15) is 0 Å². The van der Waals surface area contributed by atoms with Gasteiger partial charge in [0.15, 0.2) is 0 Å². The van der Waals surface area contributed by atoms with E-state index in [0.29, 0.717) is 54.7 Å². The molecule has 2 aliphatic rings. The first-order valence-electron chi connectivity index (χ1n) is 12.3. The number of piperazine rings is 1. The summed E-state index contributed by atoms with van der Waals surface area (Å²) in [6.07, 6.45) is 8.84. The Morgan fingerprint density at radius 1 is 1.11 bits per heavy atom. The van der Waals surface area contributed by atoms with Crippen molar-refractivity contribution in [2.75, 3.05) is 32.8 Å². The van der Waals surface area contributed by atoms with Crippen molar-refractivity contribution in [2.45, 2.75) is 38.1 Å². The molecule has 0 unspecified atom stereocenters. The van der Waals surface area contributed by atoms with E-state index in [0.717, 1.165) is 29.5 Å². The number of hydrogen-bond donors (Lipinski definition) is 0. The molecule has 36 heavy (non-hydrogen) atoms. The minimum absolute atomic E-state index is 0.0944. The van der Waals surface area contributed by atoms with Crippen LogP contribution in [0, 0.1) is 0 Å². The number of amides is 2. The molecule has 2 fully saturated rings. The topological polar surface area (TPSA) is 80.6 Å². The summed E-state index contributed by atoms with van der Waals surface area (Å²) in [6.45, 7) is 2.00. The van der Waals surface area contributed by atoms with Crippen molar-refractivity contribution in [3.05, 3.63) is 47.2 Å². The van der Waals surface area contributed by atoms with Crippen molar-refractivity contribution in [1.29, 1.82) is 0 Å². The van der Waals surface area contributed by atoms with Gasteiger partial charge in [-0.3, -0.25) is 9.48 Å². The van der Waals surface area contributed by atoms with Gasteiger partial charge >= 0.3 is 6.09 Å². The molecule has 0 spiro atoms. The highest BCUT2D eigenvalue weighted by atomic mass is 35.5. The van der Waals surface area contributed by atoms with E-state index in [2.05, 4.69) is 5.10 Å². The van der Waals surface area contributed by atoms with E-state index >= 15 is 0 Å². The smallest absolute Gasteiger partial charge is 0.409 e. The highest BCUT2D eigenvalue weighted by Crippen LogP contribution is 2.32. The fourth-order valence-electron chi connectivity index (χ4n) is 4.87. The van der Waals surface area contributed by atoms with Crippen LogP contribution in [0.3, 0.4) is 0 Å². The zero-order chi connectivity index (χ0) is 25.1. The summed E-state index contributed by atoms with van der Waals surface area (Å²) in [5.41, 5.74) is 2.86. The lowest BCUT2D eigenvalue weighted by Gasteiger charge is -2.34. The Labute approximate surface area is 220 Å². The SMILES string of the molecule is O=C(OCCC=S)N1CCN(C(=O)c2ccc3c(Cl)cc(-c4cnn(C5CCCC5)c4)nc3c2)CC1. The molecular formula is C26H28ClN5O3S. The molecule has 10 heteroatoms. The van der Waals surface area contributed by atoms with Crippen LogP contribution in [-0.2, 0) is 4.74 Å². The van der Waals surface area contributed by atoms with Gasteiger partial charge in [-0.05, 0) is 36.4 Å². The first-order valence-corrected chi connectivity index (χ1v) is 13.2. The highest BCUT2D eigenvalue weighted by molar-refractivity contribution is 7.78. The van der Waals surface area contributed by atoms with E-state index < -0.39 is 0 Å². The van der Waals surface area contributed by atoms with E-state index in [1.54, 1.807) is 27.3 Å². The third kappa shape index (κ3) is 5.22. The minimum Gasteiger partial charge on any atom is -0.449 e. The van der Waals surface area contributed by atoms with Gasteiger partial charge in [-0.2, -0.15) is 5.10 Å². The summed E-state index contributed by atoms with van der Waals surface area (Å²) in [5, 5.41) is 7.49. The van der Waals surface area contributed by atoms with Gasteiger partial charge in [-0.25, -0.2) is 9.78 Å². The summed E-state index contributed by atoms with van der Waals surface area (Å²) in [5.74, 6) is -0.0944. The zero-order valence-corrected chi connectivity index (χ0v) is 21.5. The molecule has 5 rings (SSSR count). The van der Waals surface area contributed by atoms with Gasteiger partial charge in [0.25, 0.3) is 5.91 Å². The number of thiocarbonyl (C=S) groups is 1. The Balaban J connectivity index is 1.30. The van der Waals surface area contributed by atoms with E-state index in [1.807, 2.05) is 29.2 Å². The van der Waals surface area contributed by atoms with Crippen LogP contribution in [0.1, 0.15) is 48.5 Å². The first kappa shape index (κ1) is 24.6. The quantitative estimate of drug-likeness (QED) is 0.327. The van der Waals surface area contributed by atoms with Crippen molar-refractivity contribution in [2.24, 2.45) is 0 Å². The lowest BCUT2D eigenvalue weighted by atomic mass is 10.1. The van der Waals surface area contributed by atoms with Crippen molar-refractivity contribution < 1.29 is 14.3 Å². The van der Waals surface area contributed by atoms with Crippen molar-refractivity contribution in [3.8, 4) is 11.3 Å². The fraction of sp³-hybridized carbons (Fsp3) is 0.423. The summed E-state index contributed by atoms with van der Waals surface area (Å²) in [6, 6.07) is 7.72. The Morgan fingerprint density at radius 2 is 1.86 bits per heavy atom. The van der Waals surface area contributed by atoms with Crippen molar-refractivity contribution >= 4 is 52.1 Å². The average Bonchev–Trinajstić information content (AvgIpc) is 3.61. The van der Waals surface area contributed by atoms with Gasteiger partial charge in [-0.1, -0.05) is 42.7 Å². The van der Waals surface area contributed by atoms with Crippen LogP contribution in [0.2, 0.25) is 5.02 Å². The van der Waals surface area contributed by atoms with Crippen molar-refractivity contribution in [3.63, 3.8) is 0 Å². The molecule has 0 bridgehead atoms. The summed E-state index contributed by atoms with van der Waals surface area (Å²) < 4.78 is 7.24. The van der Waals surface area contributed by atoms with Crippen LogP contribution < -0.4 is 0 Å². The summed E-state index contributed by atoms with van der Waals surface area (Å²) in [4.78, 5) is 33.6. The second-order valence-corrected chi connectivity index (χ2v) is 9.96. The number of fused-ring (bicyclic) bond motifs is 1. The summed E-state index contributed by atoms with van der Waals surface area (Å²) in [7, 11) is 0. The van der Waals surface area contributed by atoms with E-state index in [-0.39, 0.29) is 18.6 Å². The average molecular weight is 526 g/mol. The Morgan fingerprint density at radius 3 is 2.61 bits per heavy atom. The van der Waals surface area contributed by atoms with Gasteiger partial charge in [0.2, 0.25) is 0 Å². The van der Waals surface area contributed by atoms with Gasteiger partial charge < -0.3 is 14.5 Å². The third-order valence-electron chi connectivity index (χ3n) is 6.89. The molecule has 188 valence electrons. The van der Waals surface area contributed by atoms with Gasteiger partial charge in [0, 0.05) is 55.3 Å². The van der Waals surface area contributed by atoms with Crippen LogP contribution in [0.5, 0.6) is 0 Å². The number of ether oxygens (including phenoxy) is 1. The van der Waals surface area contributed by atoms with Gasteiger partial charge in [-0.15, -0.1) is 0 Å². The molecule has 0 radical (unpaired) electrons. The van der Waals surface area contributed by atoms with Crippen LogP contribution in [0.4, 0.5) is 4.79 Å². The number of nitrogens with zero attached hydrogens (tertiary/aromatic N) is 5. The highest BCUT2D eigenvalue weighted by Gasteiger charge is 2.26. The second kappa shape index (κ2) is 10.9. The first-order chi connectivity index (χ1) is 17.5. The lowest BCUT2D eigenvalue weighted by Crippen LogP contribution is -2.50. The van der Waals surface area contributed by atoms with Crippen LogP contribution in [0.15, 0.2) is 36.7 Å². The number of hydrogen-bond acceptors (Lipinski definition) is 6. The predicted molar refractivity (Wildman–Crippen MR) is 143 cm³/mol. The van der Waals surface area contributed by atoms with E-state index in [4.69, 9.17) is 33.5 Å². The standard InChI is InChI=1S/C26H28ClN5O3S/c27-22-15-23(19-16-28-32(17-19)20-4-1-2-5-20)29-24-14-18(6-7-21(22)24)25(33)30-8-10-31(11-9-30)26(34)35-12-3-13-36/h6-7,13-17,20H,1-5,8-12H2. The Hall–Kier alpha value is -3.04. The molecule has 2 amide bonds. The number of carbonyl (C=O) groups excluding carboxylic acids is 2. The molecular weight excluding hydrogens is 498 g/mol. The molecule has 3 aromatic rings. The molecule has 1 aliphatic carbocycles. The maximum Gasteiger partial charge on any atom is 0.409 e. The second-order valence-electron chi connectivity index (χ2n) is 9.22. The zero-order valence-electron chi connectivity index (χ0n) is 19.9. The fourth-order valence-corrected chi connectivity index (χ4v) is 5.23. The van der Waals surface area contributed by atoms with Crippen LogP contribution >= 0.6 is 23.8 Å². The van der Waals surface area contributed by atoms with E-state index in [1.165, 1.54) is 12.8 Å². The number of aromatic nitrogens is 3. The third-order valence-corrected chi connectivity index (χ3v) is 7.44. The molecule has 0 atom stereocenters. The van der Waals surface area contributed by atoms with Gasteiger partial charge in [0.05, 0.1) is 35.1 Å². The Kier molecular flexibility index (Phi) is 7.48. The number of rotatable bonds is 6. The number of benzene rings is 1. The predicted octanol–water partition coefficient (Wildman–Crippen LogP) is 5.15. The van der Waals surface area contributed by atoms with E-state index in [9.17, 15) is 9.59 Å². The maximum absolute atomic E-state index is 13.2. The molecule has 8 nitrogen and oxygen atoms in total. The number of carbonyl (C=O) groups is 2. The molecule has 1 aliphatic heterocycles. The normalized spacial score (nSPS) is 16.5. The number of halogens is 1. The molecule has 0 N–H and O–H groups in total. The van der Waals surface area contributed by atoms with Crippen molar-refractivity contribution in [1.82, 2.24) is 24.6 Å². The molecule has 1 aromatic carbocycles. The lowest BCUT2D eigenvalue weighted by molar-refractivity contribution is 0.0566. The van der Waals surface area contributed by atoms with Crippen LogP contribution in [0.25, 0.3) is 22.2 Å². The molecule has 3 heterocycles. The Bertz CT molecular complexity index is 1280. The maximum atomic E-state index is 13.2. The number of pyridine rings is 1. The summed E-state index contributed by atoms with van der Waals surface area (Å²) >= 11 is 11.3. The largest absolute Gasteiger partial charge is 0.449 e. The molecule has 2 aromatic heterocycles. The monoisotopic (exact) mass is 525 g/mol. The molecule has 1 saturated heterocycles. The molecule has 1 saturated carbocycles.